The Kier molecular flexibility index (Phi) is 3.08. The van der Waals surface area contributed by atoms with E-state index < -0.39 is 0 Å². The van der Waals surface area contributed by atoms with Crippen LogP contribution in [0.4, 0.5) is 0 Å². The van der Waals surface area contributed by atoms with E-state index in [9.17, 15) is 0 Å². The third-order valence-corrected chi connectivity index (χ3v) is 4.33. The number of nitrogens with two attached hydrogens (primary N) is 1. The molecular formula is C15H12ClNS. The summed E-state index contributed by atoms with van der Waals surface area (Å²) in [7, 11) is 0. The molecule has 0 unspecified atom stereocenters. The summed E-state index contributed by atoms with van der Waals surface area (Å²) in [4.78, 5) is 1.20. The SMILES string of the molecule is NCc1cc(-c2ccc(Cl)c3ccccc23)cs1. The van der Waals surface area contributed by atoms with Crippen LogP contribution in [-0.2, 0) is 6.54 Å². The van der Waals surface area contributed by atoms with E-state index in [4.69, 9.17) is 17.3 Å². The molecule has 0 aliphatic rings. The van der Waals surface area contributed by atoms with Crippen molar-refractivity contribution in [3.05, 3.63) is 57.7 Å². The van der Waals surface area contributed by atoms with Gasteiger partial charge in [-0.3, -0.25) is 0 Å². The van der Waals surface area contributed by atoms with Crippen molar-refractivity contribution in [1.29, 1.82) is 0 Å². The van der Waals surface area contributed by atoms with Gasteiger partial charge in [0.15, 0.2) is 0 Å². The molecule has 2 aromatic carbocycles. The quantitative estimate of drug-likeness (QED) is 0.721. The fourth-order valence-corrected chi connectivity index (χ4v) is 3.14. The number of hydrogen-bond donors (Lipinski definition) is 1. The van der Waals surface area contributed by atoms with Gasteiger partial charge in [0.05, 0.1) is 0 Å². The molecule has 0 atom stereocenters. The zero-order chi connectivity index (χ0) is 12.5. The first-order valence-electron chi connectivity index (χ1n) is 5.74. The Hall–Kier alpha value is -1.35. The lowest BCUT2D eigenvalue weighted by molar-refractivity contribution is 1.11. The second-order valence-corrected chi connectivity index (χ2v) is 5.55. The number of thiophene rings is 1. The monoisotopic (exact) mass is 273 g/mol. The fourth-order valence-electron chi connectivity index (χ4n) is 2.14. The Bertz CT molecular complexity index is 703. The van der Waals surface area contributed by atoms with Crippen LogP contribution in [0.5, 0.6) is 0 Å². The van der Waals surface area contributed by atoms with Gasteiger partial charge in [-0.1, -0.05) is 41.9 Å². The molecule has 1 aromatic heterocycles. The van der Waals surface area contributed by atoms with Gasteiger partial charge >= 0.3 is 0 Å². The van der Waals surface area contributed by atoms with E-state index in [-0.39, 0.29) is 0 Å². The highest BCUT2D eigenvalue weighted by molar-refractivity contribution is 7.10. The minimum Gasteiger partial charge on any atom is -0.326 e. The van der Waals surface area contributed by atoms with Gasteiger partial charge in [0.2, 0.25) is 0 Å². The van der Waals surface area contributed by atoms with E-state index in [1.807, 2.05) is 18.2 Å². The van der Waals surface area contributed by atoms with Crippen molar-refractivity contribution in [2.75, 3.05) is 0 Å². The summed E-state index contributed by atoms with van der Waals surface area (Å²) in [6, 6.07) is 14.4. The van der Waals surface area contributed by atoms with Crippen molar-refractivity contribution >= 4 is 33.7 Å². The van der Waals surface area contributed by atoms with E-state index in [2.05, 4.69) is 29.6 Å². The van der Waals surface area contributed by atoms with Crippen LogP contribution in [-0.4, -0.2) is 0 Å². The molecule has 0 fully saturated rings. The fraction of sp³-hybridized carbons (Fsp3) is 0.0667. The summed E-state index contributed by atoms with van der Waals surface area (Å²) in [5.74, 6) is 0. The van der Waals surface area contributed by atoms with Gasteiger partial charge in [0.1, 0.15) is 0 Å². The Labute approximate surface area is 115 Å². The number of fused-ring (bicyclic) bond motifs is 1. The standard InChI is InChI=1S/C15H12ClNS/c16-15-6-5-12(10-7-11(8-17)18-9-10)13-3-1-2-4-14(13)15/h1-7,9H,8,17H2. The minimum absolute atomic E-state index is 0.593. The van der Waals surface area contributed by atoms with Crippen LogP contribution < -0.4 is 5.73 Å². The predicted octanol–water partition coefficient (Wildman–Crippen LogP) is 4.68. The lowest BCUT2D eigenvalue weighted by Gasteiger charge is -2.06. The van der Waals surface area contributed by atoms with Crippen molar-refractivity contribution in [1.82, 2.24) is 0 Å². The zero-order valence-electron chi connectivity index (χ0n) is 9.69. The molecule has 0 bridgehead atoms. The van der Waals surface area contributed by atoms with Crippen LogP contribution in [0.25, 0.3) is 21.9 Å². The van der Waals surface area contributed by atoms with E-state index in [1.165, 1.54) is 21.4 Å². The van der Waals surface area contributed by atoms with Crippen molar-refractivity contribution < 1.29 is 0 Å². The van der Waals surface area contributed by atoms with Gasteiger partial charge < -0.3 is 5.73 Å². The summed E-state index contributed by atoms with van der Waals surface area (Å²) < 4.78 is 0. The zero-order valence-corrected chi connectivity index (χ0v) is 11.3. The second-order valence-electron chi connectivity index (χ2n) is 4.15. The maximum atomic E-state index is 6.23. The molecule has 3 heteroatoms. The van der Waals surface area contributed by atoms with Crippen molar-refractivity contribution in [3.8, 4) is 11.1 Å². The van der Waals surface area contributed by atoms with E-state index in [1.54, 1.807) is 11.3 Å². The molecule has 0 aliphatic carbocycles. The van der Waals surface area contributed by atoms with Crippen LogP contribution in [0, 0.1) is 0 Å². The largest absolute Gasteiger partial charge is 0.326 e. The summed E-state index contributed by atoms with van der Waals surface area (Å²) in [5, 5.41) is 5.23. The molecule has 2 N–H and O–H groups in total. The first kappa shape index (κ1) is 11.7. The Morgan fingerprint density at radius 1 is 1.06 bits per heavy atom. The molecule has 0 aliphatic heterocycles. The molecule has 0 saturated heterocycles. The number of rotatable bonds is 2. The lowest BCUT2D eigenvalue weighted by Crippen LogP contribution is -1.91. The van der Waals surface area contributed by atoms with Crippen LogP contribution in [0.3, 0.4) is 0 Å². The molecule has 18 heavy (non-hydrogen) atoms. The molecule has 1 nitrogen and oxygen atoms in total. The van der Waals surface area contributed by atoms with Crippen LogP contribution in [0.1, 0.15) is 4.88 Å². The molecule has 0 radical (unpaired) electrons. The third-order valence-electron chi connectivity index (χ3n) is 3.04. The second kappa shape index (κ2) is 4.73. The normalized spacial score (nSPS) is 11.0. The summed E-state index contributed by atoms with van der Waals surface area (Å²) in [6.07, 6.45) is 0. The molecule has 0 spiro atoms. The maximum absolute atomic E-state index is 6.23. The Morgan fingerprint density at radius 2 is 1.83 bits per heavy atom. The van der Waals surface area contributed by atoms with E-state index in [0.717, 1.165) is 10.4 Å². The summed E-state index contributed by atoms with van der Waals surface area (Å²) in [5.41, 5.74) is 8.10. The van der Waals surface area contributed by atoms with Crippen LogP contribution in [0.2, 0.25) is 5.02 Å². The summed E-state index contributed by atoms with van der Waals surface area (Å²) in [6.45, 7) is 0.593. The predicted molar refractivity (Wildman–Crippen MR) is 80.2 cm³/mol. The molecule has 3 aromatic rings. The summed E-state index contributed by atoms with van der Waals surface area (Å²) >= 11 is 7.93. The Balaban J connectivity index is 2.26. The first-order chi connectivity index (χ1) is 8.79. The number of benzene rings is 2. The average molecular weight is 274 g/mol. The van der Waals surface area contributed by atoms with E-state index in [0.29, 0.717) is 6.54 Å². The lowest BCUT2D eigenvalue weighted by atomic mass is 10.00. The van der Waals surface area contributed by atoms with Crippen molar-refractivity contribution in [3.63, 3.8) is 0 Å². The van der Waals surface area contributed by atoms with Gasteiger partial charge in [0.25, 0.3) is 0 Å². The first-order valence-corrected chi connectivity index (χ1v) is 7.00. The van der Waals surface area contributed by atoms with E-state index >= 15 is 0 Å². The van der Waals surface area contributed by atoms with Crippen molar-refractivity contribution in [2.45, 2.75) is 6.54 Å². The highest BCUT2D eigenvalue weighted by Crippen LogP contribution is 2.34. The maximum Gasteiger partial charge on any atom is 0.0484 e. The topological polar surface area (TPSA) is 26.0 Å². The molecule has 0 amide bonds. The molecule has 3 rings (SSSR count). The van der Waals surface area contributed by atoms with Crippen LogP contribution in [0.15, 0.2) is 47.8 Å². The molecule has 1 heterocycles. The number of halogens is 1. The van der Waals surface area contributed by atoms with Gasteiger partial charge in [-0.05, 0) is 34.0 Å². The van der Waals surface area contributed by atoms with Crippen LogP contribution >= 0.6 is 22.9 Å². The van der Waals surface area contributed by atoms with Gasteiger partial charge in [-0.2, -0.15) is 0 Å². The van der Waals surface area contributed by atoms with Gasteiger partial charge in [0, 0.05) is 21.8 Å². The number of hydrogen-bond acceptors (Lipinski definition) is 2. The van der Waals surface area contributed by atoms with Gasteiger partial charge in [-0.15, -0.1) is 11.3 Å². The Morgan fingerprint density at radius 3 is 2.56 bits per heavy atom. The highest BCUT2D eigenvalue weighted by atomic mass is 35.5. The van der Waals surface area contributed by atoms with Gasteiger partial charge in [-0.25, -0.2) is 0 Å². The average Bonchev–Trinajstić information content (AvgIpc) is 2.88. The minimum atomic E-state index is 0.593. The molecule has 90 valence electrons. The molecular weight excluding hydrogens is 262 g/mol. The van der Waals surface area contributed by atoms with Crippen molar-refractivity contribution in [2.24, 2.45) is 5.73 Å². The smallest absolute Gasteiger partial charge is 0.0484 e. The third kappa shape index (κ3) is 1.93. The highest BCUT2D eigenvalue weighted by Gasteiger charge is 2.07. The molecule has 0 saturated carbocycles.